The zero-order valence-electron chi connectivity index (χ0n) is 17.1. The molecule has 1 unspecified atom stereocenters. The first kappa shape index (κ1) is 22.2. The summed E-state index contributed by atoms with van der Waals surface area (Å²) >= 11 is 0. The maximum Gasteiger partial charge on any atom is 0.313 e. The number of hydrogen-bond acceptors (Lipinski definition) is 5. The van der Waals surface area contributed by atoms with Crippen molar-refractivity contribution in [3.8, 4) is 5.75 Å². The number of nitrogens with zero attached hydrogens (tertiary/aromatic N) is 1. The van der Waals surface area contributed by atoms with Crippen molar-refractivity contribution in [3.63, 3.8) is 0 Å². The van der Waals surface area contributed by atoms with E-state index in [1.165, 1.54) is 22.5 Å². The van der Waals surface area contributed by atoms with Crippen LogP contribution in [0.3, 0.4) is 0 Å². The van der Waals surface area contributed by atoms with Gasteiger partial charge in [-0.1, -0.05) is 18.2 Å². The number of halogens is 1. The Morgan fingerprint density at radius 3 is 2.67 bits per heavy atom. The van der Waals surface area contributed by atoms with Crippen LogP contribution in [0.15, 0.2) is 53.4 Å². The SMILES string of the molecule is CCOC(=O)C1(Cc2cccc(OC)c2)CCCN(S(=O)(=O)c2cccc(F)c2)C1. The smallest absolute Gasteiger partial charge is 0.313 e. The number of esters is 1. The molecule has 0 bridgehead atoms. The number of carbonyl (C=O) groups is 1. The second-order valence-electron chi connectivity index (χ2n) is 7.43. The maximum atomic E-state index is 13.6. The number of piperidine rings is 1. The van der Waals surface area contributed by atoms with Gasteiger partial charge in [0.15, 0.2) is 0 Å². The van der Waals surface area contributed by atoms with Crippen LogP contribution in [0.2, 0.25) is 0 Å². The van der Waals surface area contributed by atoms with Crippen molar-refractivity contribution in [3.05, 3.63) is 59.9 Å². The Bertz CT molecular complexity index is 1010. The third-order valence-electron chi connectivity index (χ3n) is 5.36. The Morgan fingerprint density at radius 1 is 1.20 bits per heavy atom. The molecule has 8 heteroatoms. The summed E-state index contributed by atoms with van der Waals surface area (Å²) in [5, 5.41) is 0. The highest BCUT2D eigenvalue weighted by molar-refractivity contribution is 7.89. The van der Waals surface area contributed by atoms with E-state index in [0.29, 0.717) is 25.0 Å². The molecule has 0 spiro atoms. The van der Waals surface area contributed by atoms with Crippen LogP contribution in [0, 0.1) is 11.2 Å². The summed E-state index contributed by atoms with van der Waals surface area (Å²) in [7, 11) is -2.38. The fourth-order valence-electron chi connectivity index (χ4n) is 3.91. The third-order valence-corrected chi connectivity index (χ3v) is 7.20. The van der Waals surface area contributed by atoms with Crippen molar-refractivity contribution in [1.82, 2.24) is 4.31 Å². The van der Waals surface area contributed by atoms with Gasteiger partial charge >= 0.3 is 5.97 Å². The summed E-state index contributed by atoms with van der Waals surface area (Å²) in [6, 6.07) is 12.3. The molecule has 1 aliphatic rings. The van der Waals surface area contributed by atoms with Gasteiger partial charge < -0.3 is 9.47 Å². The first-order valence-electron chi connectivity index (χ1n) is 9.86. The topological polar surface area (TPSA) is 72.9 Å². The van der Waals surface area contributed by atoms with Gasteiger partial charge in [0.05, 0.1) is 24.0 Å². The number of carbonyl (C=O) groups excluding carboxylic acids is 1. The molecule has 2 aromatic rings. The first-order valence-corrected chi connectivity index (χ1v) is 11.3. The highest BCUT2D eigenvalue weighted by Gasteiger charge is 2.46. The van der Waals surface area contributed by atoms with Gasteiger partial charge in [-0.05, 0) is 62.1 Å². The second kappa shape index (κ2) is 9.14. The number of rotatable bonds is 7. The monoisotopic (exact) mass is 435 g/mol. The summed E-state index contributed by atoms with van der Waals surface area (Å²) in [6.07, 6.45) is 1.31. The lowest BCUT2D eigenvalue weighted by Gasteiger charge is -2.40. The van der Waals surface area contributed by atoms with E-state index in [0.717, 1.165) is 11.6 Å². The van der Waals surface area contributed by atoms with Gasteiger partial charge in [-0.3, -0.25) is 4.79 Å². The van der Waals surface area contributed by atoms with Gasteiger partial charge in [-0.25, -0.2) is 12.8 Å². The molecule has 0 saturated carbocycles. The molecule has 162 valence electrons. The molecular formula is C22H26FNO5S. The van der Waals surface area contributed by atoms with Crippen LogP contribution in [0.1, 0.15) is 25.3 Å². The summed E-state index contributed by atoms with van der Waals surface area (Å²) < 4.78 is 51.8. The van der Waals surface area contributed by atoms with Crippen LogP contribution >= 0.6 is 0 Å². The van der Waals surface area contributed by atoms with E-state index in [1.807, 2.05) is 24.3 Å². The molecule has 0 aromatic heterocycles. The van der Waals surface area contributed by atoms with Crippen molar-refractivity contribution < 1.29 is 27.1 Å². The zero-order valence-corrected chi connectivity index (χ0v) is 18.0. The minimum atomic E-state index is -3.95. The van der Waals surface area contributed by atoms with E-state index in [9.17, 15) is 17.6 Å². The maximum absolute atomic E-state index is 13.6. The molecule has 6 nitrogen and oxygen atoms in total. The second-order valence-corrected chi connectivity index (χ2v) is 9.37. The van der Waals surface area contributed by atoms with Crippen LogP contribution in [0.5, 0.6) is 5.75 Å². The summed E-state index contributed by atoms with van der Waals surface area (Å²) in [5.74, 6) is -0.389. The molecule has 0 amide bonds. The zero-order chi connectivity index (χ0) is 21.8. The third kappa shape index (κ3) is 4.65. The van der Waals surface area contributed by atoms with Crippen molar-refractivity contribution >= 4 is 16.0 Å². The highest BCUT2D eigenvalue weighted by atomic mass is 32.2. The van der Waals surface area contributed by atoms with Crippen molar-refractivity contribution in [2.45, 2.75) is 31.1 Å². The minimum absolute atomic E-state index is 0.0259. The van der Waals surface area contributed by atoms with E-state index >= 15 is 0 Å². The molecule has 30 heavy (non-hydrogen) atoms. The predicted molar refractivity (Wildman–Crippen MR) is 110 cm³/mol. The Hall–Kier alpha value is -2.45. The lowest BCUT2D eigenvalue weighted by molar-refractivity contribution is -0.157. The fraction of sp³-hybridized carbons (Fsp3) is 0.409. The van der Waals surface area contributed by atoms with Crippen molar-refractivity contribution in [2.75, 3.05) is 26.8 Å². The van der Waals surface area contributed by atoms with Gasteiger partial charge in [0, 0.05) is 13.1 Å². The van der Waals surface area contributed by atoms with Crippen molar-refractivity contribution in [2.24, 2.45) is 5.41 Å². The summed E-state index contributed by atoms with van der Waals surface area (Å²) in [6.45, 7) is 2.16. The van der Waals surface area contributed by atoms with Crippen LogP contribution in [-0.4, -0.2) is 45.5 Å². The van der Waals surface area contributed by atoms with Gasteiger partial charge in [0.25, 0.3) is 0 Å². The molecule has 3 rings (SSSR count). The average Bonchev–Trinajstić information content (AvgIpc) is 2.74. The average molecular weight is 436 g/mol. The fourth-order valence-corrected chi connectivity index (χ4v) is 5.51. The Kier molecular flexibility index (Phi) is 6.77. The summed E-state index contributed by atoms with van der Waals surface area (Å²) in [4.78, 5) is 12.9. The first-order chi connectivity index (χ1) is 14.3. The van der Waals surface area contributed by atoms with Crippen LogP contribution in [0.4, 0.5) is 4.39 Å². The van der Waals surface area contributed by atoms with E-state index < -0.39 is 27.2 Å². The lowest BCUT2D eigenvalue weighted by Crippen LogP contribution is -2.51. The highest BCUT2D eigenvalue weighted by Crippen LogP contribution is 2.38. The number of methoxy groups -OCH3 is 1. The number of hydrogen-bond donors (Lipinski definition) is 0. The minimum Gasteiger partial charge on any atom is -0.497 e. The molecule has 0 radical (unpaired) electrons. The van der Waals surface area contributed by atoms with E-state index in [-0.39, 0.29) is 24.6 Å². The predicted octanol–water partition coefficient (Wildman–Crippen LogP) is 3.41. The van der Waals surface area contributed by atoms with Gasteiger partial charge in [0.2, 0.25) is 10.0 Å². The van der Waals surface area contributed by atoms with Gasteiger partial charge in [-0.15, -0.1) is 0 Å². The number of benzene rings is 2. The van der Waals surface area contributed by atoms with Crippen LogP contribution in [-0.2, 0) is 26.0 Å². The van der Waals surface area contributed by atoms with Gasteiger partial charge in [-0.2, -0.15) is 4.31 Å². The lowest BCUT2D eigenvalue weighted by atomic mass is 9.75. The summed E-state index contributed by atoms with van der Waals surface area (Å²) in [5.41, 5.74) is -0.173. The van der Waals surface area contributed by atoms with E-state index in [1.54, 1.807) is 14.0 Å². The molecule has 1 aliphatic heterocycles. The molecular weight excluding hydrogens is 409 g/mol. The molecule has 2 aromatic carbocycles. The molecule has 1 atom stereocenters. The molecule has 0 aliphatic carbocycles. The molecule has 1 fully saturated rings. The van der Waals surface area contributed by atoms with E-state index in [4.69, 9.17) is 9.47 Å². The van der Waals surface area contributed by atoms with Crippen molar-refractivity contribution in [1.29, 1.82) is 0 Å². The van der Waals surface area contributed by atoms with E-state index in [2.05, 4.69) is 0 Å². The largest absolute Gasteiger partial charge is 0.497 e. The Labute approximate surface area is 176 Å². The Morgan fingerprint density at radius 2 is 1.97 bits per heavy atom. The Balaban J connectivity index is 1.95. The molecule has 0 N–H and O–H groups in total. The number of sulfonamides is 1. The van der Waals surface area contributed by atoms with Crippen LogP contribution < -0.4 is 4.74 Å². The quantitative estimate of drug-likeness (QED) is 0.623. The normalized spacial score (nSPS) is 20.0. The standard InChI is InChI=1S/C22H26FNO5S/c1-3-29-21(25)22(15-17-7-4-9-19(13-17)28-2)11-6-12-24(16-22)30(26,27)20-10-5-8-18(23)14-20/h4-5,7-10,13-14H,3,6,11-12,15-16H2,1-2H3. The van der Waals surface area contributed by atoms with Gasteiger partial charge in [0.1, 0.15) is 11.6 Å². The molecule has 1 heterocycles. The molecule has 1 saturated heterocycles. The number of ether oxygens (including phenoxy) is 2. The van der Waals surface area contributed by atoms with Crippen LogP contribution in [0.25, 0.3) is 0 Å².